The first-order chi connectivity index (χ1) is 14.5. The number of nitrogens with zero attached hydrogens (tertiary/aromatic N) is 3. The molecule has 3 rings (SSSR count). The second kappa shape index (κ2) is 9.09. The Morgan fingerprint density at radius 3 is 2.29 bits per heavy atom. The lowest BCUT2D eigenvalue weighted by Crippen LogP contribution is -2.44. The highest BCUT2D eigenvalue weighted by Crippen LogP contribution is 2.22. The SMILES string of the molecule is CC(C)(C)OC(=O)N1CCC(Nc2cc(Nc3ccccc3)nc(S(C)(=O)=O)n2)CC1. The molecule has 0 unspecified atom stereocenters. The molecule has 1 aromatic heterocycles. The van der Waals surface area contributed by atoms with E-state index < -0.39 is 15.4 Å². The standard InChI is InChI=1S/C21H29N5O4S/c1-21(2,3)30-20(27)26-12-10-16(11-13-26)23-18-14-17(22-15-8-6-5-7-9-15)24-19(25-18)31(4,28)29/h5-9,14,16H,10-13H2,1-4H3,(H2,22,23,24,25). The predicted molar refractivity (Wildman–Crippen MR) is 119 cm³/mol. The van der Waals surface area contributed by atoms with Crippen LogP contribution in [0.1, 0.15) is 33.6 Å². The summed E-state index contributed by atoms with van der Waals surface area (Å²) in [6.45, 7) is 6.62. The van der Waals surface area contributed by atoms with E-state index in [1.807, 2.05) is 51.1 Å². The van der Waals surface area contributed by atoms with Gasteiger partial charge in [-0.15, -0.1) is 0 Å². The first-order valence-electron chi connectivity index (χ1n) is 10.2. The number of likely N-dealkylation sites (tertiary alicyclic amines) is 1. The fourth-order valence-electron chi connectivity index (χ4n) is 3.14. The van der Waals surface area contributed by atoms with Gasteiger partial charge in [-0.3, -0.25) is 0 Å². The molecular formula is C21H29N5O4S. The third kappa shape index (κ3) is 6.81. The highest BCUT2D eigenvalue weighted by molar-refractivity contribution is 7.90. The van der Waals surface area contributed by atoms with Crippen LogP contribution in [0.3, 0.4) is 0 Å². The fourth-order valence-corrected chi connectivity index (χ4v) is 3.67. The van der Waals surface area contributed by atoms with Crippen molar-refractivity contribution in [2.75, 3.05) is 30.0 Å². The number of para-hydroxylation sites is 1. The van der Waals surface area contributed by atoms with Crippen LogP contribution in [0.5, 0.6) is 0 Å². The number of rotatable bonds is 5. The number of carbonyl (C=O) groups excluding carboxylic acids is 1. The van der Waals surface area contributed by atoms with Gasteiger partial charge in [-0.05, 0) is 45.7 Å². The normalized spacial score (nSPS) is 15.4. The highest BCUT2D eigenvalue weighted by atomic mass is 32.2. The topological polar surface area (TPSA) is 114 Å². The van der Waals surface area contributed by atoms with Crippen LogP contribution in [0.2, 0.25) is 0 Å². The molecule has 0 radical (unpaired) electrons. The van der Waals surface area contributed by atoms with Gasteiger partial charge in [0.05, 0.1) is 0 Å². The number of nitrogens with one attached hydrogen (secondary N) is 2. The summed E-state index contributed by atoms with van der Waals surface area (Å²) in [5.41, 5.74) is 0.259. The predicted octanol–water partition coefficient (Wildman–Crippen LogP) is 3.44. The average molecular weight is 448 g/mol. The van der Waals surface area contributed by atoms with Crippen molar-refractivity contribution in [3.05, 3.63) is 36.4 Å². The lowest BCUT2D eigenvalue weighted by Gasteiger charge is -2.34. The molecule has 1 aliphatic rings. The van der Waals surface area contributed by atoms with E-state index in [1.54, 1.807) is 11.0 Å². The van der Waals surface area contributed by atoms with Gasteiger partial charge in [-0.2, -0.15) is 0 Å². The lowest BCUT2D eigenvalue weighted by molar-refractivity contribution is 0.0210. The van der Waals surface area contributed by atoms with Gasteiger partial charge in [0.25, 0.3) is 5.16 Å². The maximum absolute atomic E-state index is 12.2. The fraction of sp³-hybridized carbons (Fsp3) is 0.476. The molecule has 2 heterocycles. The summed E-state index contributed by atoms with van der Waals surface area (Å²) >= 11 is 0. The summed E-state index contributed by atoms with van der Waals surface area (Å²) in [5.74, 6) is 0.805. The van der Waals surface area contributed by atoms with Crippen molar-refractivity contribution in [1.29, 1.82) is 0 Å². The number of piperidine rings is 1. The Bertz CT molecular complexity index is 1010. The van der Waals surface area contributed by atoms with E-state index in [-0.39, 0.29) is 17.3 Å². The van der Waals surface area contributed by atoms with E-state index >= 15 is 0 Å². The van der Waals surface area contributed by atoms with Crippen LogP contribution in [0.4, 0.5) is 22.1 Å². The summed E-state index contributed by atoms with van der Waals surface area (Å²) < 4.78 is 29.6. The van der Waals surface area contributed by atoms with Crippen molar-refractivity contribution < 1.29 is 17.9 Å². The number of hydrogen-bond donors (Lipinski definition) is 2. The summed E-state index contributed by atoms with van der Waals surface area (Å²) in [5, 5.41) is 6.16. The van der Waals surface area contributed by atoms with Crippen LogP contribution >= 0.6 is 0 Å². The smallest absolute Gasteiger partial charge is 0.410 e. The minimum atomic E-state index is -3.59. The number of ether oxygens (including phenoxy) is 1. The lowest BCUT2D eigenvalue weighted by atomic mass is 10.1. The van der Waals surface area contributed by atoms with Crippen LogP contribution in [0.25, 0.3) is 0 Å². The molecule has 0 aliphatic carbocycles. The molecule has 9 nitrogen and oxygen atoms in total. The maximum Gasteiger partial charge on any atom is 0.410 e. The van der Waals surface area contributed by atoms with Crippen LogP contribution in [-0.2, 0) is 14.6 Å². The molecule has 31 heavy (non-hydrogen) atoms. The van der Waals surface area contributed by atoms with Gasteiger partial charge in [0.15, 0.2) is 0 Å². The van der Waals surface area contributed by atoms with E-state index in [0.29, 0.717) is 37.6 Å². The van der Waals surface area contributed by atoms with Gasteiger partial charge < -0.3 is 20.3 Å². The average Bonchev–Trinajstić information content (AvgIpc) is 2.67. The maximum atomic E-state index is 12.2. The molecule has 0 atom stereocenters. The largest absolute Gasteiger partial charge is 0.444 e. The Hall–Kier alpha value is -2.88. The second-order valence-electron chi connectivity index (χ2n) is 8.57. The number of benzene rings is 1. The summed E-state index contributed by atoms with van der Waals surface area (Å²) in [4.78, 5) is 22.3. The second-order valence-corrected chi connectivity index (χ2v) is 10.5. The Labute approximate surface area is 183 Å². The van der Waals surface area contributed by atoms with Gasteiger partial charge in [-0.1, -0.05) is 18.2 Å². The number of carbonyl (C=O) groups is 1. The van der Waals surface area contributed by atoms with Crippen LogP contribution < -0.4 is 10.6 Å². The number of anilines is 3. The zero-order chi connectivity index (χ0) is 22.6. The number of hydrogen-bond acceptors (Lipinski definition) is 8. The van der Waals surface area contributed by atoms with Crippen LogP contribution in [0.15, 0.2) is 41.6 Å². The molecule has 2 N–H and O–H groups in total. The van der Waals surface area contributed by atoms with Crippen LogP contribution in [-0.4, -0.2) is 60.4 Å². The van der Waals surface area contributed by atoms with Gasteiger partial charge in [0.1, 0.15) is 17.2 Å². The highest BCUT2D eigenvalue weighted by Gasteiger charge is 2.27. The molecule has 1 amide bonds. The Kier molecular flexibility index (Phi) is 6.68. The van der Waals surface area contributed by atoms with Crippen molar-refractivity contribution in [2.45, 2.75) is 50.4 Å². The summed E-state index contributed by atoms with van der Waals surface area (Å²) in [7, 11) is -3.59. The van der Waals surface area contributed by atoms with Crippen LogP contribution in [0, 0.1) is 0 Å². The minimum Gasteiger partial charge on any atom is -0.444 e. The number of aromatic nitrogens is 2. The van der Waals surface area contributed by atoms with E-state index in [9.17, 15) is 13.2 Å². The molecule has 1 aliphatic heterocycles. The zero-order valence-corrected chi connectivity index (χ0v) is 19.1. The third-order valence-corrected chi connectivity index (χ3v) is 5.43. The summed E-state index contributed by atoms with van der Waals surface area (Å²) in [6, 6.07) is 11.1. The third-order valence-electron chi connectivity index (χ3n) is 4.58. The molecule has 168 valence electrons. The molecular weight excluding hydrogens is 418 g/mol. The Morgan fingerprint density at radius 2 is 1.71 bits per heavy atom. The van der Waals surface area contributed by atoms with Crippen molar-refractivity contribution >= 4 is 33.3 Å². The van der Waals surface area contributed by atoms with Gasteiger partial charge >= 0.3 is 6.09 Å². The number of sulfone groups is 1. The molecule has 1 saturated heterocycles. The Morgan fingerprint density at radius 1 is 1.10 bits per heavy atom. The molecule has 2 aromatic rings. The van der Waals surface area contributed by atoms with Gasteiger partial charge in [0, 0.05) is 37.1 Å². The zero-order valence-electron chi connectivity index (χ0n) is 18.3. The molecule has 0 saturated carbocycles. The van der Waals surface area contributed by atoms with Gasteiger partial charge in [-0.25, -0.2) is 23.2 Å². The molecule has 10 heteroatoms. The molecule has 0 spiro atoms. The first-order valence-corrected chi connectivity index (χ1v) is 12.0. The van der Waals surface area contributed by atoms with E-state index in [1.165, 1.54) is 0 Å². The minimum absolute atomic E-state index is 0.0468. The van der Waals surface area contributed by atoms with E-state index in [0.717, 1.165) is 11.9 Å². The van der Waals surface area contributed by atoms with E-state index in [4.69, 9.17) is 4.74 Å². The van der Waals surface area contributed by atoms with Crippen molar-refractivity contribution in [1.82, 2.24) is 14.9 Å². The molecule has 1 fully saturated rings. The van der Waals surface area contributed by atoms with Crippen molar-refractivity contribution in [3.63, 3.8) is 0 Å². The molecule has 0 bridgehead atoms. The molecule has 1 aromatic carbocycles. The first kappa shape index (κ1) is 22.8. The Balaban J connectivity index is 1.70. The van der Waals surface area contributed by atoms with E-state index in [2.05, 4.69) is 20.6 Å². The summed E-state index contributed by atoms with van der Waals surface area (Å²) in [6.07, 6.45) is 2.15. The van der Waals surface area contributed by atoms with Crippen molar-refractivity contribution in [2.24, 2.45) is 0 Å². The number of amides is 1. The quantitative estimate of drug-likeness (QED) is 0.670. The van der Waals surface area contributed by atoms with Crippen molar-refractivity contribution in [3.8, 4) is 0 Å². The monoisotopic (exact) mass is 447 g/mol. The van der Waals surface area contributed by atoms with Gasteiger partial charge in [0.2, 0.25) is 9.84 Å².